The summed E-state index contributed by atoms with van der Waals surface area (Å²) in [6.07, 6.45) is 56.5. The molecule has 0 radical (unpaired) electrons. The molecule has 4 atom stereocenters. The van der Waals surface area contributed by atoms with Crippen molar-refractivity contribution in [1.29, 1.82) is 0 Å². The summed E-state index contributed by atoms with van der Waals surface area (Å²) in [4.78, 5) is 39.6. The molecular weight excluding hydrogens is 885 g/mol. The van der Waals surface area contributed by atoms with E-state index in [-0.39, 0.29) is 37.7 Å². The number of carbonyl (C=O) groups is 3. The number of rotatable bonds is 56. The third-order valence-electron chi connectivity index (χ3n) is 14.9. The number of ether oxygens (including phenoxy) is 5. The van der Waals surface area contributed by atoms with Gasteiger partial charge < -0.3 is 23.7 Å². The first-order chi connectivity index (χ1) is 35.0. The highest BCUT2D eigenvalue weighted by molar-refractivity contribution is 5.71. The van der Waals surface area contributed by atoms with Crippen molar-refractivity contribution >= 4 is 17.9 Å². The van der Waals surface area contributed by atoms with Gasteiger partial charge in [-0.3, -0.25) is 14.4 Å². The number of unbranched alkanes of at least 4 members (excludes halogenated alkanes) is 42. The smallest absolute Gasteiger partial charge is 0.306 e. The van der Waals surface area contributed by atoms with Crippen LogP contribution in [0, 0.1) is 0 Å². The second-order valence-electron chi connectivity index (χ2n) is 21.7. The van der Waals surface area contributed by atoms with Crippen molar-refractivity contribution in [1.82, 2.24) is 0 Å². The standard InChI is InChI=1S/C63H118O8/c1-5-9-12-15-18-21-24-27-30-33-36-39-42-45-48-51-59(64)68-55-57(67-54-8-4)62-63(71-61(66)53-50-47-44-41-38-35-32-29-26-23-20-17-14-11-7-3)58(56-69-62)70-60(65)52-49-46-43-40-37-34-31-28-25-22-19-16-13-10-6-2/h8,57-58,62-63H,4-7,9-56H2,1-3H3/t57-,58+,62-,63-/m1/s1. The highest BCUT2D eigenvalue weighted by atomic mass is 16.6. The van der Waals surface area contributed by atoms with Crippen LogP contribution in [-0.4, -0.2) is 62.1 Å². The first-order valence-corrected chi connectivity index (χ1v) is 31.3. The summed E-state index contributed by atoms with van der Waals surface area (Å²) < 4.78 is 30.2. The molecule has 1 heterocycles. The Morgan fingerprint density at radius 3 is 1.01 bits per heavy atom. The highest BCUT2D eigenvalue weighted by Gasteiger charge is 2.47. The van der Waals surface area contributed by atoms with E-state index in [9.17, 15) is 14.4 Å². The van der Waals surface area contributed by atoms with Gasteiger partial charge in [0.15, 0.2) is 12.2 Å². The van der Waals surface area contributed by atoms with Gasteiger partial charge in [0.05, 0.1) is 13.2 Å². The molecule has 1 aliphatic rings. The van der Waals surface area contributed by atoms with Crippen molar-refractivity contribution in [3.05, 3.63) is 12.7 Å². The lowest BCUT2D eigenvalue weighted by Crippen LogP contribution is -2.46. The molecule has 0 aliphatic carbocycles. The molecule has 0 saturated carbocycles. The summed E-state index contributed by atoms with van der Waals surface area (Å²) >= 11 is 0. The second kappa shape index (κ2) is 52.9. The molecule has 1 rings (SSSR count). The predicted octanol–water partition coefficient (Wildman–Crippen LogP) is 19.1. The van der Waals surface area contributed by atoms with Crippen molar-refractivity contribution < 1.29 is 38.1 Å². The fourth-order valence-electron chi connectivity index (χ4n) is 10.2. The average molecular weight is 1000 g/mol. The van der Waals surface area contributed by atoms with Gasteiger partial charge in [0.2, 0.25) is 0 Å². The third kappa shape index (κ3) is 43.1. The van der Waals surface area contributed by atoms with Crippen LogP contribution in [0.3, 0.4) is 0 Å². The van der Waals surface area contributed by atoms with Crippen molar-refractivity contribution in [2.75, 3.05) is 19.8 Å². The van der Waals surface area contributed by atoms with Gasteiger partial charge in [-0.15, -0.1) is 6.58 Å². The SMILES string of the molecule is C=CCO[C@H](COC(=O)CCCCCCCCCCCCCCCCC)[C@H]1OC[C@H](OC(=O)CCCCCCCCCCCCCCCCC)[C@H]1OC(=O)CCCCCCCCCCCCCCCCC. The van der Waals surface area contributed by atoms with E-state index >= 15 is 0 Å². The molecule has 0 amide bonds. The monoisotopic (exact) mass is 1000 g/mol. The third-order valence-corrected chi connectivity index (χ3v) is 14.9. The zero-order valence-corrected chi connectivity index (χ0v) is 47.4. The van der Waals surface area contributed by atoms with Crippen LogP contribution < -0.4 is 0 Å². The summed E-state index contributed by atoms with van der Waals surface area (Å²) in [5.41, 5.74) is 0. The van der Waals surface area contributed by atoms with Crippen LogP contribution in [0.2, 0.25) is 0 Å². The van der Waals surface area contributed by atoms with Gasteiger partial charge in [-0.1, -0.05) is 297 Å². The number of hydrogen-bond donors (Lipinski definition) is 0. The Hall–Kier alpha value is -1.93. The van der Waals surface area contributed by atoms with Gasteiger partial charge in [-0.25, -0.2) is 0 Å². The molecule has 1 saturated heterocycles. The van der Waals surface area contributed by atoms with E-state index < -0.39 is 24.4 Å². The minimum atomic E-state index is -0.854. The normalized spacial score (nSPS) is 16.1. The summed E-state index contributed by atoms with van der Waals surface area (Å²) in [7, 11) is 0. The predicted molar refractivity (Wildman–Crippen MR) is 299 cm³/mol. The molecular formula is C63H118O8. The summed E-state index contributed by atoms with van der Waals surface area (Å²) in [5, 5.41) is 0. The molecule has 0 bridgehead atoms. The zero-order chi connectivity index (χ0) is 51.3. The van der Waals surface area contributed by atoms with E-state index in [2.05, 4.69) is 27.4 Å². The van der Waals surface area contributed by atoms with Crippen LogP contribution >= 0.6 is 0 Å². The number of hydrogen-bond acceptors (Lipinski definition) is 8. The molecule has 0 N–H and O–H groups in total. The van der Waals surface area contributed by atoms with Gasteiger partial charge in [-0.05, 0) is 19.3 Å². The molecule has 0 aromatic heterocycles. The maximum atomic E-state index is 13.4. The lowest BCUT2D eigenvalue weighted by Gasteiger charge is -2.28. The molecule has 0 spiro atoms. The van der Waals surface area contributed by atoms with Crippen molar-refractivity contribution in [2.24, 2.45) is 0 Å². The molecule has 0 aromatic rings. The van der Waals surface area contributed by atoms with Crippen LogP contribution in [0.25, 0.3) is 0 Å². The summed E-state index contributed by atoms with van der Waals surface area (Å²) in [6, 6.07) is 0. The number of esters is 3. The molecule has 8 nitrogen and oxygen atoms in total. The number of carbonyl (C=O) groups excluding carboxylic acids is 3. The fraction of sp³-hybridized carbons (Fsp3) is 0.921. The van der Waals surface area contributed by atoms with Crippen molar-refractivity contribution in [3.8, 4) is 0 Å². The topological polar surface area (TPSA) is 97.4 Å². The van der Waals surface area contributed by atoms with Gasteiger partial charge in [0.1, 0.15) is 18.8 Å². The van der Waals surface area contributed by atoms with E-state index in [0.29, 0.717) is 19.3 Å². The Bertz CT molecular complexity index is 1170. The first kappa shape index (κ1) is 67.1. The summed E-state index contributed by atoms with van der Waals surface area (Å²) in [5.74, 6) is -0.884. The lowest BCUT2D eigenvalue weighted by molar-refractivity contribution is -0.172. The van der Waals surface area contributed by atoms with Crippen molar-refractivity contribution in [3.63, 3.8) is 0 Å². The van der Waals surface area contributed by atoms with E-state index in [4.69, 9.17) is 23.7 Å². The van der Waals surface area contributed by atoms with E-state index in [1.807, 2.05) is 0 Å². The van der Waals surface area contributed by atoms with Gasteiger partial charge >= 0.3 is 17.9 Å². The quantitative estimate of drug-likeness (QED) is 0.0257. The van der Waals surface area contributed by atoms with Gasteiger partial charge in [0.25, 0.3) is 0 Å². The van der Waals surface area contributed by atoms with Crippen molar-refractivity contribution in [2.45, 2.75) is 353 Å². The largest absolute Gasteiger partial charge is 0.463 e. The molecule has 71 heavy (non-hydrogen) atoms. The summed E-state index contributed by atoms with van der Waals surface area (Å²) in [6.45, 7) is 10.9. The molecule has 1 aliphatic heterocycles. The van der Waals surface area contributed by atoms with Gasteiger partial charge in [-0.2, -0.15) is 0 Å². The maximum absolute atomic E-state index is 13.4. The van der Waals surface area contributed by atoms with Crippen LogP contribution in [0.15, 0.2) is 12.7 Å². The first-order valence-electron chi connectivity index (χ1n) is 31.3. The second-order valence-corrected chi connectivity index (χ2v) is 21.7. The van der Waals surface area contributed by atoms with Crippen LogP contribution in [-0.2, 0) is 38.1 Å². The van der Waals surface area contributed by atoms with E-state index in [1.165, 1.54) is 231 Å². The van der Waals surface area contributed by atoms with E-state index in [1.54, 1.807) is 6.08 Å². The minimum Gasteiger partial charge on any atom is -0.463 e. The minimum absolute atomic E-state index is 0.0387. The molecule has 0 unspecified atom stereocenters. The molecule has 0 aromatic carbocycles. The van der Waals surface area contributed by atoms with Gasteiger partial charge in [0, 0.05) is 19.3 Å². The average Bonchev–Trinajstić information content (AvgIpc) is 3.75. The highest BCUT2D eigenvalue weighted by Crippen LogP contribution is 2.28. The Kier molecular flexibility index (Phi) is 50.0. The Balaban J connectivity index is 2.55. The Morgan fingerprint density at radius 2 is 0.704 bits per heavy atom. The van der Waals surface area contributed by atoms with E-state index in [0.717, 1.165) is 57.8 Å². The Morgan fingerprint density at radius 1 is 0.423 bits per heavy atom. The maximum Gasteiger partial charge on any atom is 0.306 e. The molecule has 418 valence electrons. The zero-order valence-electron chi connectivity index (χ0n) is 47.4. The lowest BCUT2D eigenvalue weighted by atomic mass is 10.0. The van der Waals surface area contributed by atoms with Crippen LogP contribution in [0.5, 0.6) is 0 Å². The molecule has 1 fully saturated rings. The Labute approximate surface area is 440 Å². The van der Waals surface area contributed by atoms with Crippen LogP contribution in [0.1, 0.15) is 329 Å². The molecule has 8 heteroatoms. The van der Waals surface area contributed by atoms with Crippen LogP contribution in [0.4, 0.5) is 0 Å². The fourth-order valence-corrected chi connectivity index (χ4v) is 10.2.